The van der Waals surface area contributed by atoms with Gasteiger partial charge in [0.2, 0.25) is 5.91 Å². The maximum Gasteiger partial charge on any atom is 0.223 e. The molecule has 1 aromatic carbocycles. The molecule has 3 heteroatoms. The number of hydrogen-bond acceptors (Lipinski definition) is 2. The van der Waals surface area contributed by atoms with Gasteiger partial charge in [-0.2, -0.15) is 0 Å². The number of para-hydroxylation sites is 1. The summed E-state index contributed by atoms with van der Waals surface area (Å²) in [5, 5.41) is 0. The van der Waals surface area contributed by atoms with E-state index in [0.717, 1.165) is 32.6 Å². The summed E-state index contributed by atoms with van der Waals surface area (Å²) in [5.74, 6) is 0.299. The van der Waals surface area contributed by atoms with Crippen molar-refractivity contribution in [1.29, 1.82) is 0 Å². The smallest absolute Gasteiger partial charge is 0.223 e. The lowest BCUT2D eigenvalue weighted by Crippen LogP contribution is -2.36. The van der Waals surface area contributed by atoms with Gasteiger partial charge in [0.15, 0.2) is 0 Å². The minimum Gasteiger partial charge on any atom is -0.370 e. The van der Waals surface area contributed by atoms with Crippen molar-refractivity contribution in [1.82, 2.24) is 4.90 Å². The van der Waals surface area contributed by atoms with Crippen LogP contribution in [-0.2, 0) is 4.79 Å². The molecule has 0 aliphatic carbocycles. The highest BCUT2D eigenvalue weighted by Gasteiger charge is 2.23. The Morgan fingerprint density at radius 1 is 1.05 bits per heavy atom. The summed E-state index contributed by atoms with van der Waals surface area (Å²) in [6.07, 6.45) is 1.68. The number of hydrogen-bond donors (Lipinski definition) is 0. The maximum atomic E-state index is 12.3. The predicted molar refractivity (Wildman–Crippen MR) is 83.9 cm³/mol. The molecule has 20 heavy (non-hydrogen) atoms. The summed E-state index contributed by atoms with van der Waals surface area (Å²) in [5.41, 5.74) is 1.33. The third-order valence-electron chi connectivity index (χ3n) is 3.65. The molecule has 110 valence electrons. The first-order valence-electron chi connectivity index (χ1n) is 7.53. The highest BCUT2D eigenvalue weighted by Crippen LogP contribution is 2.21. The van der Waals surface area contributed by atoms with Crippen LogP contribution in [0.5, 0.6) is 0 Å². The molecule has 1 aliphatic rings. The highest BCUT2D eigenvalue weighted by atomic mass is 16.2. The lowest BCUT2D eigenvalue weighted by molar-refractivity contribution is -0.132. The third kappa shape index (κ3) is 4.26. The van der Waals surface area contributed by atoms with Crippen LogP contribution in [0.15, 0.2) is 30.3 Å². The number of anilines is 1. The summed E-state index contributed by atoms with van der Waals surface area (Å²) in [7, 11) is 0. The predicted octanol–water partition coefficient (Wildman–Crippen LogP) is 3.16. The van der Waals surface area contributed by atoms with Crippen LogP contribution in [0.1, 0.15) is 33.6 Å². The summed E-state index contributed by atoms with van der Waals surface area (Å²) in [6, 6.07) is 10.5. The van der Waals surface area contributed by atoms with Crippen LogP contribution in [0.4, 0.5) is 5.69 Å². The van der Waals surface area contributed by atoms with Crippen LogP contribution in [0, 0.1) is 5.41 Å². The molecule has 3 nitrogen and oxygen atoms in total. The van der Waals surface area contributed by atoms with Crippen LogP contribution >= 0.6 is 0 Å². The molecular weight excluding hydrogens is 248 g/mol. The van der Waals surface area contributed by atoms with Crippen LogP contribution in [0.2, 0.25) is 0 Å². The molecular formula is C17H26N2O. The zero-order valence-corrected chi connectivity index (χ0v) is 12.9. The molecule has 1 aromatic rings. The van der Waals surface area contributed by atoms with Gasteiger partial charge in [0.25, 0.3) is 0 Å². The van der Waals surface area contributed by atoms with Crippen LogP contribution in [0.25, 0.3) is 0 Å². The van der Waals surface area contributed by atoms with Gasteiger partial charge in [-0.3, -0.25) is 4.79 Å². The molecule has 1 fully saturated rings. The Hall–Kier alpha value is -1.51. The SMILES string of the molecule is CC(C)(C)CC(=O)N1CCCN(c2ccccc2)CC1. The number of benzene rings is 1. The molecule has 2 rings (SSSR count). The Kier molecular flexibility index (Phi) is 4.69. The normalized spacial score (nSPS) is 16.9. The number of amides is 1. The van der Waals surface area contributed by atoms with E-state index in [4.69, 9.17) is 0 Å². The Bertz CT molecular complexity index is 436. The number of carbonyl (C=O) groups is 1. The quantitative estimate of drug-likeness (QED) is 0.827. The fourth-order valence-electron chi connectivity index (χ4n) is 2.63. The van der Waals surface area contributed by atoms with Gasteiger partial charge < -0.3 is 9.80 Å². The first-order chi connectivity index (χ1) is 9.46. The largest absolute Gasteiger partial charge is 0.370 e. The third-order valence-corrected chi connectivity index (χ3v) is 3.65. The lowest BCUT2D eigenvalue weighted by atomic mass is 9.91. The number of rotatable bonds is 2. The Morgan fingerprint density at radius 3 is 2.40 bits per heavy atom. The molecule has 0 unspecified atom stereocenters. The van der Waals surface area contributed by atoms with Crippen molar-refractivity contribution in [3.05, 3.63) is 30.3 Å². The summed E-state index contributed by atoms with van der Waals surface area (Å²) in [6.45, 7) is 10.1. The van der Waals surface area contributed by atoms with Gasteiger partial charge in [0.1, 0.15) is 0 Å². The van der Waals surface area contributed by atoms with Crippen molar-refractivity contribution >= 4 is 11.6 Å². The Balaban J connectivity index is 1.94. The molecule has 0 saturated carbocycles. The van der Waals surface area contributed by atoms with E-state index in [1.54, 1.807) is 0 Å². The van der Waals surface area contributed by atoms with Gasteiger partial charge >= 0.3 is 0 Å². The standard InChI is InChI=1S/C17H26N2O/c1-17(2,3)14-16(20)19-11-7-10-18(12-13-19)15-8-5-4-6-9-15/h4-6,8-9H,7,10-14H2,1-3H3. The van der Waals surface area contributed by atoms with Crippen LogP contribution in [0.3, 0.4) is 0 Å². The second-order valence-corrected chi connectivity index (χ2v) is 6.79. The zero-order chi connectivity index (χ0) is 14.6. The molecule has 1 aliphatic heterocycles. The minimum atomic E-state index is 0.0719. The van der Waals surface area contributed by atoms with Gasteiger partial charge in [-0.15, -0.1) is 0 Å². The van der Waals surface area contributed by atoms with E-state index in [1.165, 1.54) is 5.69 Å². The van der Waals surface area contributed by atoms with Gasteiger partial charge in [-0.05, 0) is 24.0 Å². The van der Waals surface area contributed by atoms with Crippen molar-refractivity contribution in [3.8, 4) is 0 Å². The molecule has 1 heterocycles. The second kappa shape index (κ2) is 6.29. The molecule has 0 N–H and O–H groups in total. The molecule has 0 bridgehead atoms. The number of carbonyl (C=O) groups excluding carboxylic acids is 1. The minimum absolute atomic E-state index is 0.0719. The van der Waals surface area contributed by atoms with Gasteiger partial charge in [-0.1, -0.05) is 39.0 Å². The first-order valence-corrected chi connectivity index (χ1v) is 7.53. The maximum absolute atomic E-state index is 12.3. The average Bonchev–Trinajstić information content (AvgIpc) is 2.63. The van der Waals surface area contributed by atoms with E-state index >= 15 is 0 Å². The highest BCUT2D eigenvalue weighted by molar-refractivity contribution is 5.77. The lowest BCUT2D eigenvalue weighted by Gasteiger charge is -2.26. The van der Waals surface area contributed by atoms with Crippen LogP contribution in [-0.4, -0.2) is 37.0 Å². The second-order valence-electron chi connectivity index (χ2n) is 6.79. The average molecular weight is 274 g/mol. The van der Waals surface area contributed by atoms with Gasteiger partial charge in [-0.25, -0.2) is 0 Å². The van der Waals surface area contributed by atoms with Crippen molar-refractivity contribution < 1.29 is 4.79 Å². The topological polar surface area (TPSA) is 23.6 Å². The molecule has 1 amide bonds. The molecule has 0 atom stereocenters. The van der Waals surface area contributed by atoms with E-state index in [1.807, 2.05) is 11.0 Å². The summed E-state index contributed by atoms with van der Waals surface area (Å²) >= 11 is 0. The van der Waals surface area contributed by atoms with Crippen molar-refractivity contribution in [2.75, 3.05) is 31.1 Å². The summed E-state index contributed by atoms with van der Waals surface area (Å²) < 4.78 is 0. The molecule has 0 spiro atoms. The number of nitrogens with zero attached hydrogens (tertiary/aromatic N) is 2. The van der Waals surface area contributed by atoms with Crippen LogP contribution < -0.4 is 4.90 Å². The van der Waals surface area contributed by atoms with E-state index in [9.17, 15) is 4.79 Å². The van der Waals surface area contributed by atoms with Gasteiger partial charge in [0.05, 0.1) is 0 Å². The van der Waals surface area contributed by atoms with Crippen molar-refractivity contribution in [2.45, 2.75) is 33.6 Å². The van der Waals surface area contributed by atoms with E-state index in [0.29, 0.717) is 12.3 Å². The van der Waals surface area contributed by atoms with E-state index in [2.05, 4.69) is 49.9 Å². The van der Waals surface area contributed by atoms with E-state index in [-0.39, 0.29) is 5.41 Å². The first kappa shape index (κ1) is 14.9. The van der Waals surface area contributed by atoms with Gasteiger partial charge in [0, 0.05) is 38.3 Å². The van der Waals surface area contributed by atoms with E-state index < -0.39 is 0 Å². The Labute approximate surface area is 122 Å². The summed E-state index contributed by atoms with van der Waals surface area (Å²) in [4.78, 5) is 16.7. The fourth-order valence-corrected chi connectivity index (χ4v) is 2.63. The fraction of sp³-hybridized carbons (Fsp3) is 0.588. The van der Waals surface area contributed by atoms with Crippen molar-refractivity contribution in [2.24, 2.45) is 5.41 Å². The monoisotopic (exact) mass is 274 g/mol. The Morgan fingerprint density at radius 2 is 1.75 bits per heavy atom. The molecule has 1 saturated heterocycles. The molecule has 0 aromatic heterocycles. The van der Waals surface area contributed by atoms with Crippen molar-refractivity contribution in [3.63, 3.8) is 0 Å². The molecule has 0 radical (unpaired) electrons. The zero-order valence-electron chi connectivity index (χ0n) is 12.9.